The molecule has 1 saturated heterocycles. The average molecular weight is 402 g/mol. The Morgan fingerprint density at radius 3 is 2.76 bits per heavy atom. The molecule has 0 unspecified atom stereocenters. The van der Waals surface area contributed by atoms with Crippen molar-refractivity contribution in [2.75, 3.05) is 60.2 Å². The molecule has 1 aromatic carbocycles. The maximum absolute atomic E-state index is 11.9. The van der Waals surface area contributed by atoms with Crippen molar-refractivity contribution in [2.45, 2.75) is 13.1 Å². The Kier molecular flexibility index (Phi) is 8.10. The number of methoxy groups -OCH3 is 2. The van der Waals surface area contributed by atoms with Gasteiger partial charge < -0.3 is 18.8 Å². The van der Waals surface area contributed by atoms with Gasteiger partial charge in [-0.05, 0) is 29.8 Å². The van der Waals surface area contributed by atoms with E-state index >= 15 is 0 Å². The SMILES string of the molecule is COC(=O)CN(CCN1CCOCC1)Cc1cccn1Cc1cccc(OC)c1. The zero-order valence-electron chi connectivity index (χ0n) is 17.4. The Balaban J connectivity index is 1.64. The zero-order chi connectivity index (χ0) is 20.5. The van der Waals surface area contributed by atoms with E-state index in [0.717, 1.165) is 51.7 Å². The van der Waals surface area contributed by atoms with E-state index in [4.69, 9.17) is 14.2 Å². The van der Waals surface area contributed by atoms with E-state index in [1.165, 1.54) is 18.4 Å². The predicted octanol–water partition coefficient (Wildman–Crippen LogP) is 1.85. The van der Waals surface area contributed by atoms with Crippen LogP contribution in [0.3, 0.4) is 0 Å². The van der Waals surface area contributed by atoms with Crippen LogP contribution in [-0.4, -0.2) is 80.5 Å². The predicted molar refractivity (Wildman–Crippen MR) is 111 cm³/mol. The van der Waals surface area contributed by atoms with Gasteiger partial charge in [0.05, 0.1) is 34.0 Å². The maximum atomic E-state index is 11.9. The van der Waals surface area contributed by atoms with Crippen LogP contribution in [0.25, 0.3) is 0 Å². The molecule has 158 valence electrons. The van der Waals surface area contributed by atoms with E-state index in [2.05, 4.69) is 38.8 Å². The number of aromatic nitrogens is 1. The van der Waals surface area contributed by atoms with Crippen LogP contribution in [0.4, 0.5) is 0 Å². The molecule has 0 saturated carbocycles. The lowest BCUT2D eigenvalue weighted by Crippen LogP contribution is -2.42. The Morgan fingerprint density at radius 2 is 2.00 bits per heavy atom. The Morgan fingerprint density at radius 1 is 1.17 bits per heavy atom. The van der Waals surface area contributed by atoms with Gasteiger partial charge in [0.1, 0.15) is 5.75 Å². The third kappa shape index (κ3) is 6.59. The number of ether oxygens (including phenoxy) is 3. The van der Waals surface area contributed by atoms with Gasteiger partial charge in [-0.25, -0.2) is 0 Å². The molecular formula is C22H31N3O4. The molecule has 0 spiro atoms. The van der Waals surface area contributed by atoms with Gasteiger partial charge in [-0.3, -0.25) is 14.6 Å². The molecule has 0 aliphatic carbocycles. The summed E-state index contributed by atoms with van der Waals surface area (Å²) >= 11 is 0. The molecule has 29 heavy (non-hydrogen) atoms. The zero-order valence-corrected chi connectivity index (χ0v) is 17.4. The summed E-state index contributed by atoms with van der Waals surface area (Å²) in [6.07, 6.45) is 2.08. The van der Waals surface area contributed by atoms with E-state index in [0.29, 0.717) is 6.54 Å². The first-order chi connectivity index (χ1) is 14.2. The molecule has 7 nitrogen and oxygen atoms in total. The number of esters is 1. The van der Waals surface area contributed by atoms with E-state index in [-0.39, 0.29) is 12.5 Å². The number of carbonyl (C=O) groups is 1. The highest BCUT2D eigenvalue weighted by molar-refractivity contribution is 5.71. The number of hydrogen-bond acceptors (Lipinski definition) is 6. The van der Waals surface area contributed by atoms with Gasteiger partial charge in [-0.1, -0.05) is 12.1 Å². The minimum atomic E-state index is -0.210. The standard InChI is InChI=1S/C22H31N3O4/c1-27-21-7-3-5-19(15-21)16-25-8-4-6-20(25)17-24(18-22(26)28-2)10-9-23-11-13-29-14-12-23/h3-8,15H,9-14,16-18H2,1-2H3. The largest absolute Gasteiger partial charge is 0.497 e. The van der Waals surface area contributed by atoms with Crippen LogP contribution in [0.1, 0.15) is 11.3 Å². The van der Waals surface area contributed by atoms with Crippen molar-refractivity contribution >= 4 is 5.97 Å². The third-order valence-electron chi connectivity index (χ3n) is 5.21. The summed E-state index contributed by atoms with van der Waals surface area (Å²) in [6.45, 7) is 6.89. The molecule has 2 heterocycles. The second-order valence-corrected chi connectivity index (χ2v) is 7.22. The first kappa shape index (κ1) is 21.4. The minimum Gasteiger partial charge on any atom is -0.497 e. The van der Waals surface area contributed by atoms with Crippen LogP contribution in [0.15, 0.2) is 42.6 Å². The van der Waals surface area contributed by atoms with E-state index < -0.39 is 0 Å². The first-order valence-electron chi connectivity index (χ1n) is 10.0. The number of hydrogen-bond donors (Lipinski definition) is 0. The van der Waals surface area contributed by atoms with E-state index in [9.17, 15) is 4.79 Å². The molecule has 1 fully saturated rings. The fraction of sp³-hybridized carbons (Fsp3) is 0.500. The Hall–Kier alpha value is -2.35. The molecule has 1 aromatic heterocycles. The Bertz CT molecular complexity index is 771. The van der Waals surface area contributed by atoms with Crippen LogP contribution in [-0.2, 0) is 27.4 Å². The van der Waals surface area contributed by atoms with Crippen LogP contribution in [0.2, 0.25) is 0 Å². The summed E-state index contributed by atoms with van der Waals surface area (Å²) < 4.78 is 17.9. The van der Waals surface area contributed by atoms with Crippen molar-refractivity contribution in [3.8, 4) is 5.75 Å². The molecule has 0 atom stereocenters. The highest BCUT2D eigenvalue weighted by Crippen LogP contribution is 2.16. The highest BCUT2D eigenvalue weighted by Gasteiger charge is 2.17. The summed E-state index contributed by atoms with van der Waals surface area (Å²) in [7, 11) is 3.12. The lowest BCUT2D eigenvalue weighted by Gasteiger charge is -2.29. The lowest BCUT2D eigenvalue weighted by molar-refractivity contribution is -0.142. The molecule has 0 N–H and O–H groups in total. The quantitative estimate of drug-likeness (QED) is 0.567. The van der Waals surface area contributed by atoms with Gasteiger partial charge in [0.25, 0.3) is 0 Å². The van der Waals surface area contributed by atoms with Gasteiger partial charge in [0, 0.05) is 51.2 Å². The van der Waals surface area contributed by atoms with E-state index in [1.807, 2.05) is 18.2 Å². The monoisotopic (exact) mass is 401 g/mol. The number of rotatable bonds is 10. The third-order valence-corrected chi connectivity index (χ3v) is 5.21. The van der Waals surface area contributed by atoms with Gasteiger partial charge in [0.2, 0.25) is 0 Å². The molecule has 0 radical (unpaired) electrons. The van der Waals surface area contributed by atoms with Gasteiger partial charge >= 0.3 is 5.97 Å². The van der Waals surface area contributed by atoms with Gasteiger partial charge in [0.15, 0.2) is 0 Å². The summed E-state index contributed by atoms with van der Waals surface area (Å²) in [5, 5.41) is 0. The van der Waals surface area contributed by atoms with Gasteiger partial charge in [-0.15, -0.1) is 0 Å². The van der Waals surface area contributed by atoms with Crippen molar-refractivity contribution in [3.63, 3.8) is 0 Å². The number of benzene rings is 1. The summed E-state index contributed by atoms with van der Waals surface area (Å²) in [6, 6.07) is 12.3. The van der Waals surface area contributed by atoms with E-state index in [1.54, 1.807) is 7.11 Å². The molecule has 1 aliphatic rings. The van der Waals surface area contributed by atoms with Crippen LogP contribution < -0.4 is 4.74 Å². The second kappa shape index (κ2) is 11.0. The summed E-state index contributed by atoms with van der Waals surface area (Å²) in [5.41, 5.74) is 2.34. The van der Waals surface area contributed by atoms with Crippen molar-refractivity contribution in [1.29, 1.82) is 0 Å². The van der Waals surface area contributed by atoms with Crippen LogP contribution >= 0.6 is 0 Å². The van der Waals surface area contributed by atoms with Crippen LogP contribution in [0.5, 0.6) is 5.75 Å². The number of morpholine rings is 1. The average Bonchev–Trinajstić information content (AvgIpc) is 3.19. The molecule has 0 amide bonds. The molecule has 1 aliphatic heterocycles. The number of nitrogens with zero attached hydrogens (tertiary/aromatic N) is 3. The molecule has 7 heteroatoms. The summed E-state index contributed by atoms with van der Waals surface area (Å²) in [5.74, 6) is 0.645. The molecule has 3 rings (SSSR count). The van der Waals surface area contributed by atoms with Crippen molar-refractivity contribution < 1.29 is 19.0 Å². The molecule has 0 bridgehead atoms. The fourth-order valence-electron chi connectivity index (χ4n) is 3.51. The van der Waals surface area contributed by atoms with Crippen molar-refractivity contribution in [3.05, 3.63) is 53.9 Å². The van der Waals surface area contributed by atoms with Crippen molar-refractivity contribution in [2.24, 2.45) is 0 Å². The Labute approximate surface area is 172 Å². The number of carbonyl (C=O) groups excluding carboxylic acids is 1. The maximum Gasteiger partial charge on any atom is 0.319 e. The minimum absolute atomic E-state index is 0.210. The normalized spacial score (nSPS) is 14.9. The lowest BCUT2D eigenvalue weighted by atomic mass is 10.2. The van der Waals surface area contributed by atoms with Gasteiger partial charge in [-0.2, -0.15) is 0 Å². The topological polar surface area (TPSA) is 56.2 Å². The summed E-state index contributed by atoms with van der Waals surface area (Å²) in [4.78, 5) is 16.5. The first-order valence-corrected chi connectivity index (χ1v) is 10.0. The smallest absolute Gasteiger partial charge is 0.319 e. The van der Waals surface area contributed by atoms with Crippen LogP contribution in [0, 0.1) is 0 Å². The fourth-order valence-corrected chi connectivity index (χ4v) is 3.51. The second-order valence-electron chi connectivity index (χ2n) is 7.22. The molecule has 2 aromatic rings. The highest BCUT2D eigenvalue weighted by atomic mass is 16.5. The van der Waals surface area contributed by atoms with Crippen molar-refractivity contribution in [1.82, 2.24) is 14.4 Å². The molecular weight excluding hydrogens is 370 g/mol.